The maximum atomic E-state index is 13.4. The van der Waals surface area contributed by atoms with Gasteiger partial charge in [-0.2, -0.15) is 0 Å². The van der Waals surface area contributed by atoms with Crippen LogP contribution in [0.5, 0.6) is 0 Å². The Morgan fingerprint density at radius 3 is 2.26 bits per heavy atom. The molecule has 0 aliphatic heterocycles. The van der Waals surface area contributed by atoms with Gasteiger partial charge in [0.25, 0.3) is 5.56 Å². The minimum Gasteiger partial charge on any atom is -0.345 e. The molecule has 9 heteroatoms. The van der Waals surface area contributed by atoms with Gasteiger partial charge in [-0.1, -0.05) is 19.1 Å². The fourth-order valence-electron chi connectivity index (χ4n) is 5.44. The molecule has 8 nitrogen and oxygen atoms in total. The molecule has 0 unspecified atom stereocenters. The van der Waals surface area contributed by atoms with Crippen molar-refractivity contribution in [3.05, 3.63) is 113 Å². The molecule has 5 heterocycles. The average molecular weight is 538 g/mol. The van der Waals surface area contributed by atoms with Crippen molar-refractivity contribution in [3.8, 4) is 11.1 Å². The van der Waals surface area contributed by atoms with Crippen LogP contribution < -0.4 is 5.56 Å². The number of aromatic amines is 1. The number of rotatable bonds is 6. The Balaban J connectivity index is 1.73. The van der Waals surface area contributed by atoms with E-state index in [1.165, 1.54) is 0 Å². The van der Waals surface area contributed by atoms with Crippen LogP contribution >= 0.6 is 0 Å². The van der Waals surface area contributed by atoms with Gasteiger partial charge in [0.05, 0.1) is 27.6 Å². The van der Waals surface area contributed by atoms with Crippen LogP contribution in [-0.4, -0.2) is 38.3 Å². The van der Waals surface area contributed by atoms with Crippen molar-refractivity contribution < 1.29 is 8.42 Å². The van der Waals surface area contributed by atoms with Crippen molar-refractivity contribution in [2.24, 2.45) is 7.05 Å². The van der Waals surface area contributed by atoms with Crippen LogP contribution in [0.3, 0.4) is 0 Å². The van der Waals surface area contributed by atoms with E-state index < -0.39 is 15.4 Å². The Morgan fingerprint density at radius 1 is 0.949 bits per heavy atom. The van der Waals surface area contributed by atoms with Gasteiger partial charge in [0.1, 0.15) is 11.1 Å². The third-order valence-corrected chi connectivity index (χ3v) is 9.27. The molecule has 6 rings (SSSR count). The van der Waals surface area contributed by atoms with Crippen molar-refractivity contribution >= 4 is 31.6 Å². The standard InChI is InChI=1S/C30H27N5O3S/c1-4-39(37,38)25-18-20(23-19-34(3)28-21(23)11-15-33-29(28)36)17-24-22(25)12-16-35(24)30(2,26-9-5-7-13-31-26)27-10-6-8-14-32-27/h5-19H,4H2,1-3H3,(H,33,36). The highest BCUT2D eigenvalue weighted by Gasteiger charge is 2.35. The number of H-pyrrole nitrogens is 1. The van der Waals surface area contributed by atoms with Gasteiger partial charge >= 0.3 is 0 Å². The summed E-state index contributed by atoms with van der Waals surface area (Å²) in [5.41, 5.74) is 3.21. The van der Waals surface area contributed by atoms with E-state index in [0.29, 0.717) is 16.5 Å². The van der Waals surface area contributed by atoms with Crippen LogP contribution in [0.4, 0.5) is 0 Å². The number of hydrogen-bond donors (Lipinski definition) is 1. The van der Waals surface area contributed by atoms with Crippen molar-refractivity contribution in [1.82, 2.24) is 24.1 Å². The molecule has 39 heavy (non-hydrogen) atoms. The fraction of sp³-hybridized carbons (Fsp3) is 0.167. The summed E-state index contributed by atoms with van der Waals surface area (Å²) in [5, 5.41) is 1.37. The van der Waals surface area contributed by atoms with Crippen molar-refractivity contribution in [1.29, 1.82) is 0 Å². The van der Waals surface area contributed by atoms with Crippen LogP contribution in [0.15, 0.2) is 101 Å². The Kier molecular flexibility index (Phi) is 5.76. The summed E-state index contributed by atoms with van der Waals surface area (Å²) in [6.45, 7) is 3.68. The SMILES string of the molecule is CCS(=O)(=O)c1cc(-c2cn(C)c3c(=O)[nH]ccc23)cc2c1ccn2C(C)(c1ccccn1)c1ccccn1. The Morgan fingerprint density at radius 2 is 1.64 bits per heavy atom. The number of aromatic nitrogens is 5. The summed E-state index contributed by atoms with van der Waals surface area (Å²) in [6.07, 6.45) is 8.87. The van der Waals surface area contributed by atoms with E-state index >= 15 is 0 Å². The van der Waals surface area contributed by atoms with Gasteiger partial charge in [-0.15, -0.1) is 0 Å². The first-order valence-electron chi connectivity index (χ1n) is 12.6. The molecule has 0 radical (unpaired) electrons. The van der Waals surface area contributed by atoms with Gasteiger partial charge in [-0.25, -0.2) is 8.42 Å². The number of pyridine rings is 3. The summed E-state index contributed by atoms with van der Waals surface area (Å²) >= 11 is 0. The van der Waals surface area contributed by atoms with Crippen molar-refractivity contribution in [2.45, 2.75) is 24.3 Å². The largest absolute Gasteiger partial charge is 0.345 e. The minimum absolute atomic E-state index is 0.0380. The second kappa shape index (κ2) is 9.06. The number of nitrogens with zero attached hydrogens (tertiary/aromatic N) is 4. The van der Waals surface area contributed by atoms with Crippen LogP contribution in [0.1, 0.15) is 25.2 Å². The van der Waals surface area contributed by atoms with Gasteiger partial charge < -0.3 is 14.1 Å². The number of benzene rings is 1. The molecular weight excluding hydrogens is 510 g/mol. The monoisotopic (exact) mass is 537 g/mol. The zero-order valence-corrected chi connectivity index (χ0v) is 22.6. The normalized spacial score (nSPS) is 12.4. The Labute approximate surface area is 225 Å². The van der Waals surface area contributed by atoms with E-state index in [0.717, 1.165) is 27.9 Å². The molecule has 5 aromatic heterocycles. The lowest BCUT2D eigenvalue weighted by atomic mass is 9.91. The molecule has 0 bridgehead atoms. The highest BCUT2D eigenvalue weighted by molar-refractivity contribution is 7.91. The smallest absolute Gasteiger partial charge is 0.272 e. The summed E-state index contributed by atoms with van der Waals surface area (Å²) in [7, 11) is -1.78. The lowest BCUT2D eigenvalue weighted by Crippen LogP contribution is -2.34. The van der Waals surface area contributed by atoms with Gasteiger partial charge in [0.15, 0.2) is 9.84 Å². The summed E-state index contributed by atoms with van der Waals surface area (Å²) in [6, 6.07) is 18.9. The number of hydrogen-bond acceptors (Lipinski definition) is 5. The molecule has 0 amide bonds. The maximum absolute atomic E-state index is 13.4. The maximum Gasteiger partial charge on any atom is 0.272 e. The fourth-order valence-corrected chi connectivity index (χ4v) is 6.57. The summed E-state index contributed by atoms with van der Waals surface area (Å²) in [5.74, 6) is -0.0380. The molecule has 0 aliphatic carbocycles. The first-order valence-corrected chi connectivity index (χ1v) is 14.3. The molecule has 0 saturated carbocycles. The Bertz CT molecular complexity index is 1970. The molecular formula is C30H27N5O3S. The number of aryl methyl sites for hydroxylation is 1. The molecule has 0 aliphatic rings. The molecule has 0 spiro atoms. The predicted octanol–water partition coefficient (Wildman–Crippen LogP) is 4.88. The highest BCUT2D eigenvalue weighted by atomic mass is 32.2. The zero-order chi connectivity index (χ0) is 27.4. The van der Waals surface area contributed by atoms with E-state index in [9.17, 15) is 13.2 Å². The topological polar surface area (TPSA) is 103 Å². The third kappa shape index (κ3) is 3.80. The van der Waals surface area contributed by atoms with Gasteiger partial charge in [0, 0.05) is 54.4 Å². The lowest BCUT2D eigenvalue weighted by molar-refractivity contribution is 0.463. The number of nitrogens with one attached hydrogen (secondary N) is 1. The molecule has 1 N–H and O–H groups in total. The number of sulfone groups is 1. The van der Waals surface area contributed by atoms with E-state index in [2.05, 4.69) is 4.98 Å². The average Bonchev–Trinajstić information content (AvgIpc) is 3.55. The molecule has 0 fully saturated rings. The van der Waals surface area contributed by atoms with E-state index in [4.69, 9.17) is 9.97 Å². The lowest BCUT2D eigenvalue weighted by Gasteiger charge is -2.32. The third-order valence-electron chi connectivity index (χ3n) is 7.51. The van der Waals surface area contributed by atoms with E-state index in [1.807, 2.05) is 85.5 Å². The van der Waals surface area contributed by atoms with Gasteiger partial charge in [0.2, 0.25) is 0 Å². The number of fused-ring (bicyclic) bond motifs is 2. The summed E-state index contributed by atoms with van der Waals surface area (Å²) in [4.78, 5) is 25.0. The van der Waals surface area contributed by atoms with Crippen LogP contribution in [0.2, 0.25) is 0 Å². The Hall–Kier alpha value is -4.50. The predicted molar refractivity (Wildman–Crippen MR) is 153 cm³/mol. The second-order valence-corrected chi connectivity index (χ2v) is 12.0. The second-order valence-electron chi connectivity index (χ2n) is 9.72. The molecule has 1 aromatic carbocycles. The zero-order valence-electron chi connectivity index (χ0n) is 21.8. The van der Waals surface area contributed by atoms with Gasteiger partial charge in [-0.3, -0.25) is 14.8 Å². The first kappa shape index (κ1) is 24.8. The van der Waals surface area contributed by atoms with E-state index in [1.54, 1.807) is 36.1 Å². The van der Waals surface area contributed by atoms with Crippen LogP contribution in [0, 0.1) is 0 Å². The minimum atomic E-state index is -3.59. The van der Waals surface area contributed by atoms with Crippen LogP contribution in [-0.2, 0) is 22.4 Å². The van der Waals surface area contributed by atoms with Crippen LogP contribution in [0.25, 0.3) is 32.9 Å². The summed E-state index contributed by atoms with van der Waals surface area (Å²) < 4.78 is 30.7. The molecule has 0 atom stereocenters. The molecule has 196 valence electrons. The first-order chi connectivity index (χ1) is 18.8. The molecule has 0 saturated heterocycles. The quantitative estimate of drug-likeness (QED) is 0.326. The van der Waals surface area contributed by atoms with Gasteiger partial charge in [-0.05, 0) is 61.0 Å². The highest BCUT2D eigenvalue weighted by Crippen LogP contribution is 2.40. The van der Waals surface area contributed by atoms with Crippen molar-refractivity contribution in [3.63, 3.8) is 0 Å². The molecule has 6 aromatic rings. The van der Waals surface area contributed by atoms with E-state index in [-0.39, 0.29) is 16.2 Å². The van der Waals surface area contributed by atoms with Crippen molar-refractivity contribution in [2.75, 3.05) is 5.75 Å².